The lowest BCUT2D eigenvalue weighted by atomic mass is 9.97. The summed E-state index contributed by atoms with van der Waals surface area (Å²) in [4.78, 5) is 17.6. The van der Waals surface area contributed by atoms with Gasteiger partial charge in [0, 0.05) is 19.4 Å². The molecule has 1 N–H and O–H groups in total. The largest absolute Gasteiger partial charge is 0.497 e. The number of carbonyl (C=O) groups is 1. The Hall–Kier alpha value is -2.30. The third-order valence-electron chi connectivity index (χ3n) is 4.70. The first-order chi connectivity index (χ1) is 12.2. The Morgan fingerprint density at radius 2 is 2.32 bits per heavy atom. The molecule has 25 heavy (non-hydrogen) atoms. The van der Waals surface area contributed by atoms with Crippen molar-refractivity contribution in [2.45, 2.75) is 51.0 Å². The van der Waals surface area contributed by atoms with E-state index in [2.05, 4.69) is 16.5 Å². The molecule has 5 heteroatoms. The summed E-state index contributed by atoms with van der Waals surface area (Å²) in [6.07, 6.45) is 8.89. The van der Waals surface area contributed by atoms with Crippen molar-refractivity contribution in [3.8, 4) is 5.75 Å². The number of hydrogen-bond donors (Lipinski definition) is 1. The van der Waals surface area contributed by atoms with Crippen LogP contribution in [-0.2, 0) is 16.1 Å². The zero-order chi connectivity index (χ0) is 17.5. The van der Waals surface area contributed by atoms with Gasteiger partial charge < -0.3 is 14.9 Å². The van der Waals surface area contributed by atoms with Gasteiger partial charge in [-0.3, -0.25) is 4.79 Å². The fraction of sp³-hybridized carbons (Fsp3) is 0.500. The molecule has 1 amide bonds. The molecule has 1 aliphatic carbocycles. The van der Waals surface area contributed by atoms with Gasteiger partial charge in [0.05, 0.1) is 12.8 Å². The highest BCUT2D eigenvalue weighted by atomic mass is 16.6. The highest BCUT2D eigenvalue weighted by Gasteiger charge is 2.27. The van der Waals surface area contributed by atoms with Gasteiger partial charge in [-0.25, -0.2) is 0 Å². The number of methoxy groups -OCH3 is 1. The van der Waals surface area contributed by atoms with E-state index < -0.39 is 6.10 Å². The number of oxime groups is 1. The first kappa shape index (κ1) is 17.5. The van der Waals surface area contributed by atoms with E-state index in [-0.39, 0.29) is 5.91 Å². The average molecular weight is 342 g/mol. The molecule has 0 saturated heterocycles. The molecule has 1 aliphatic heterocycles. The Labute approximate surface area is 149 Å². The van der Waals surface area contributed by atoms with Crippen LogP contribution in [0.4, 0.5) is 0 Å². The van der Waals surface area contributed by atoms with Crippen LogP contribution in [0.2, 0.25) is 0 Å². The molecule has 1 atom stereocenters. The van der Waals surface area contributed by atoms with Crippen molar-refractivity contribution >= 4 is 11.6 Å². The molecule has 0 radical (unpaired) electrons. The summed E-state index contributed by atoms with van der Waals surface area (Å²) in [5.41, 5.74) is 3.46. The molecule has 1 aromatic rings. The van der Waals surface area contributed by atoms with Crippen molar-refractivity contribution in [1.82, 2.24) is 5.32 Å². The number of amides is 1. The minimum absolute atomic E-state index is 0.0687. The number of ether oxygens (including phenoxy) is 1. The van der Waals surface area contributed by atoms with E-state index in [1.54, 1.807) is 7.11 Å². The van der Waals surface area contributed by atoms with Crippen molar-refractivity contribution in [2.75, 3.05) is 13.7 Å². The van der Waals surface area contributed by atoms with E-state index in [0.717, 1.165) is 23.4 Å². The minimum atomic E-state index is -0.499. The zero-order valence-electron chi connectivity index (χ0n) is 14.8. The molecule has 0 aromatic heterocycles. The summed E-state index contributed by atoms with van der Waals surface area (Å²) in [6, 6.07) is 7.87. The van der Waals surface area contributed by atoms with Crippen LogP contribution in [0.1, 0.15) is 44.1 Å². The Bertz CT molecular complexity index is 667. The molecule has 5 nitrogen and oxygen atoms in total. The highest BCUT2D eigenvalue weighted by molar-refractivity contribution is 5.93. The molecule has 1 aromatic carbocycles. The fourth-order valence-electron chi connectivity index (χ4n) is 3.28. The zero-order valence-corrected chi connectivity index (χ0v) is 14.8. The monoisotopic (exact) mass is 342 g/mol. The maximum atomic E-state index is 12.2. The number of nitrogens with one attached hydrogen (secondary N) is 1. The SMILES string of the molecule is COc1cccc(CC2=NO[C@H](C(=O)NCCC3=CCCCC3)C2)c1. The number of hydrogen-bond acceptors (Lipinski definition) is 4. The van der Waals surface area contributed by atoms with Crippen molar-refractivity contribution in [3.05, 3.63) is 41.5 Å². The van der Waals surface area contributed by atoms with Gasteiger partial charge in [0.2, 0.25) is 6.10 Å². The van der Waals surface area contributed by atoms with Gasteiger partial charge in [-0.05, 0) is 49.8 Å². The average Bonchev–Trinajstić information content (AvgIpc) is 3.11. The third-order valence-corrected chi connectivity index (χ3v) is 4.70. The van der Waals surface area contributed by atoms with Gasteiger partial charge in [0.15, 0.2) is 0 Å². The van der Waals surface area contributed by atoms with E-state index in [1.165, 1.54) is 31.3 Å². The number of carbonyl (C=O) groups excluding carboxylic acids is 1. The third kappa shape index (κ3) is 5.08. The molecule has 0 bridgehead atoms. The number of rotatable bonds is 7. The van der Waals surface area contributed by atoms with Crippen LogP contribution >= 0.6 is 0 Å². The normalized spacial score (nSPS) is 19.6. The van der Waals surface area contributed by atoms with Crippen molar-refractivity contribution in [1.29, 1.82) is 0 Å². The highest BCUT2D eigenvalue weighted by Crippen LogP contribution is 2.20. The molecule has 0 spiro atoms. The molecular weight excluding hydrogens is 316 g/mol. The Morgan fingerprint density at radius 3 is 3.12 bits per heavy atom. The van der Waals surface area contributed by atoms with Crippen LogP contribution in [-0.4, -0.2) is 31.4 Å². The molecule has 1 heterocycles. The molecule has 0 fully saturated rings. The molecule has 3 rings (SSSR count). The molecular formula is C20H26N2O3. The second-order valence-electron chi connectivity index (χ2n) is 6.63. The predicted molar refractivity (Wildman–Crippen MR) is 97.8 cm³/mol. The number of allylic oxidation sites excluding steroid dienone is 1. The van der Waals surface area contributed by atoms with Crippen LogP contribution < -0.4 is 10.1 Å². The smallest absolute Gasteiger partial charge is 0.264 e. The molecule has 134 valence electrons. The van der Waals surface area contributed by atoms with Gasteiger partial charge in [0.25, 0.3) is 5.91 Å². The summed E-state index contributed by atoms with van der Waals surface area (Å²) >= 11 is 0. The van der Waals surface area contributed by atoms with E-state index >= 15 is 0 Å². The summed E-state index contributed by atoms with van der Waals surface area (Å²) in [6.45, 7) is 0.676. The standard InChI is InChI=1S/C20H26N2O3/c1-24-18-9-5-8-16(13-18)12-17-14-19(25-22-17)20(23)21-11-10-15-6-3-2-4-7-15/h5-6,8-9,13,19H,2-4,7,10-12,14H2,1H3,(H,21,23)/t19-/m0/s1. The van der Waals surface area contributed by atoms with Crippen LogP contribution in [0.3, 0.4) is 0 Å². The maximum Gasteiger partial charge on any atom is 0.264 e. The van der Waals surface area contributed by atoms with Crippen LogP contribution in [0, 0.1) is 0 Å². The van der Waals surface area contributed by atoms with Gasteiger partial charge >= 0.3 is 0 Å². The lowest BCUT2D eigenvalue weighted by molar-refractivity contribution is -0.131. The quantitative estimate of drug-likeness (QED) is 0.773. The van der Waals surface area contributed by atoms with E-state index in [0.29, 0.717) is 19.4 Å². The van der Waals surface area contributed by atoms with Gasteiger partial charge in [-0.1, -0.05) is 28.9 Å². The summed E-state index contributed by atoms with van der Waals surface area (Å²) in [7, 11) is 1.65. The van der Waals surface area contributed by atoms with Crippen LogP contribution in [0.15, 0.2) is 41.1 Å². The molecule has 2 aliphatic rings. The second kappa shape index (κ2) is 8.70. The number of nitrogens with zero attached hydrogens (tertiary/aromatic N) is 1. The van der Waals surface area contributed by atoms with E-state index in [4.69, 9.17) is 9.57 Å². The molecule has 0 saturated carbocycles. The predicted octanol–water partition coefficient (Wildman–Crippen LogP) is 3.39. The first-order valence-electron chi connectivity index (χ1n) is 9.04. The Kier molecular flexibility index (Phi) is 6.09. The van der Waals surface area contributed by atoms with E-state index in [1.807, 2.05) is 24.3 Å². The number of benzene rings is 1. The fourth-order valence-corrected chi connectivity index (χ4v) is 3.28. The minimum Gasteiger partial charge on any atom is -0.497 e. The van der Waals surface area contributed by atoms with Crippen molar-refractivity contribution in [3.63, 3.8) is 0 Å². The first-order valence-corrected chi connectivity index (χ1v) is 9.04. The Morgan fingerprint density at radius 1 is 1.40 bits per heavy atom. The summed E-state index contributed by atoms with van der Waals surface area (Å²) < 4.78 is 5.23. The Balaban J connectivity index is 1.41. The molecule has 0 unspecified atom stereocenters. The van der Waals surface area contributed by atoms with Crippen LogP contribution in [0.25, 0.3) is 0 Å². The summed E-state index contributed by atoms with van der Waals surface area (Å²) in [5.74, 6) is 0.754. The topological polar surface area (TPSA) is 59.9 Å². The van der Waals surface area contributed by atoms with Gasteiger partial charge in [-0.15, -0.1) is 0 Å². The summed E-state index contributed by atoms with van der Waals surface area (Å²) in [5, 5.41) is 7.07. The second-order valence-corrected chi connectivity index (χ2v) is 6.63. The van der Waals surface area contributed by atoms with Crippen LogP contribution in [0.5, 0.6) is 5.75 Å². The van der Waals surface area contributed by atoms with Gasteiger partial charge in [-0.2, -0.15) is 0 Å². The maximum absolute atomic E-state index is 12.2. The lowest BCUT2D eigenvalue weighted by Crippen LogP contribution is -2.35. The van der Waals surface area contributed by atoms with Crippen molar-refractivity contribution in [2.24, 2.45) is 5.16 Å². The lowest BCUT2D eigenvalue weighted by Gasteiger charge is -2.14. The van der Waals surface area contributed by atoms with E-state index in [9.17, 15) is 4.79 Å². The van der Waals surface area contributed by atoms with Gasteiger partial charge in [0.1, 0.15) is 5.75 Å². The van der Waals surface area contributed by atoms with Crippen molar-refractivity contribution < 1.29 is 14.4 Å².